The van der Waals surface area contributed by atoms with Crippen molar-refractivity contribution in [3.63, 3.8) is 0 Å². The first-order valence-electron chi connectivity index (χ1n) is 13.5. The third kappa shape index (κ3) is 7.45. The fourth-order valence-electron chi connectivity index (χ4n) is 4.85. The Hall–Kier alpha value is -5.01. The van der Waals surface area contributed by atoms with Gasteiger partial charge in [0.25, 0.3) is 6.20 Å². The SMILES string of the molecule is COc1ncc(-c2ccc(C[n+]3cc(NC(=O)Nc4cc(NC(=O)C5CCCC5)cc(C(F)(F)F)c4)on3)cc2)c(C)n1. The van der Waals surface area contributed by atoms with Crippen LogP contribution in [-0.2, 0) is 17.5 Å². The predicted molar refractivity (Wildman–Crippen MR) is 149 cm³/mol. The summed E-state index contributed by atoms with van der Waals surface area (Å²) in [5, 5.41) is 11.2. The van der Waals surface area contributed by atoms with E-state index in [1.807, 2.05) is 31.2 Å². The van der Waals surface area contributed by atoms with Gasteiger partial charge in [-0.05, 0) is 48.2 Å². The zero-order valence-corrected chi connectivity index (χ0v) is 23.4. The van der Waals surface area contributed by atoms with E-state index in [0.717, 1.165) is 47.4 Å². The molecule has 2 aromatic carbocycles. The van der Waals surface area contributed by atoms with Crippen LogP contribution in [0.2, 0.25) is 0 Å². The van der Waals surface area contributed by atoms with Gasteiger partial charge in [0.2, 0.25) is 17.7 Å². The van der Waals surface area contributed by atoms with Crippen LogP contribution in [-0.4, -0.2) is 34.3 Å². The Kier molecular flexibility index (Phi) is 8.55. The average Bonchev–Trinajstić information content (AvgIpc) is 3.66. The number of carbonyl (C=O) groups is 2. The predicted octanol–water partition coefficient (Wildman–Crippen LogP) is 5.58. The molecule has 4 aromatic rings. The number of methoxy groups -OCH3 is 1. The summed E-state index contributed by atoms with van der Waals surface area (Å²) in [6.07, 6.45) is 1.65. The lowest BCUT2D eigenvalue weighted by atomic mass is 10.0. The van der Waals surface area contributed by atoms with E-state index < -0.39 is 17.8 Å². The number of ether oxygens (including phenoxy) is 1. The molecule has 0 atom stereocenters. The van der Waals surface area contributed by atoms with Crippen LogP contribution in [0.3, 0.4) is 0 Å². The number of hydrogen-bond donors (Lipinski definition) is 3. The van der Waals surface area contributed by atoms with Crippen molar-refractivity contribution < 1.29 is 36.7 Å². The van der Waals surface area contributed by atoms with E-state index in [0.29, 0.717) is 25.4 Å². The fraction of sp³-hybridized carbons (Fsp3) is 0.310. The molecular weight excluding hydrogens is 567 g/mol. The highest BCUT2D eigenvalue weighted by molar-refractivity contribution is 6.00. The Bertz CT molecular complexity index is 1620. The lowest BCUT2D eigenvalue weighted by Crippen LogP contribution is -2.35. The summed E-state index contributed by atoms with van der Waals surface area (Å²) in [5.74, 6) is -0.600. The number of carbonyl (C=O) groups excluding carboxylic acids is 2. The molecule has 1 aliphatic rings. The Labute approximate surface area is 244 Å². The monoisotopic (exact) mass is 596 g/mol. The van der Waals surface area contributed by atoms with Gasteiger partial charge >= 0.3 is 24.1 Å². The van der Waals surface area contributed by atoms with Gasteiger partial charge in [0.15, 0.2) is 0 Å². The molecule has 2 heterocycles. The van der Waals surface area contributed by atoms with Gasteiger partial charge in [-0.2, -0.15) is 18.2 Å². The number of hydrogen-bond acceptors (Lipinski definition) is 7. The van der Waals surface area contributed by atoms with Crippen molar-refractivity contribution in [1.82, 2.24) is 15.2 Å². The number of alkyl halides is 3. The number of benzene rings is 2. The van der Waals surface area contributed by atoms with Crippen molar-refractivity contribution >= 4 is 29.2 Å². The molecule has 0 bridgehead atoms. The van der Waals surface area contributed by atoms with E-state index in [2.05, 4.69) is 31.2 Å². The average molecular weight is 597 g/mol. The summed E-state index contributed by atoms with van der Waals surface area (Å²) in [4.78, 5) is 33.5. The van der Waals surface area contributed by atoms with Crippen LogP contribution in [0.4, 0.5) is 35.2 Å². The normalized spacial score (nSPS) is 13.5. The zero-order valence-electron chi connectivity index (χ0n) is 23.4. The van der Waals surface area contributed by atoms with Crippen LogP contribution in [0, 0.1) is 12.8 Å². The summed E-state index contributed by atoms with van der Waals surface area (Å²) in [6, 6.07) is 9.97. The molecule has 0 unspecified atom stereocenters. The zero-order chi connectivity index (χ0) is 30.6. The van der Waals surface area contributed by atoms with Gasteiger partial charge in [-0.15, -0.1) is 0 Å². The molecule has 1 aliphatic carbocycles. The first-order valence-corrected chi connectivity index (χ1v) is 13.5. The standard InChI is InChI=1S/C29H28F3N7O4/c1-17-24(14-33-28(34-17)42-2)19-9-7-18(8-10-19)15-39-16-25(43-38-39)37-27(41)36-23-12-21(29(30,31)32)11-22(13-23)35-26(40)20-5-3-4-6-20/h7-14,16,20H,3-6,15H2,1-2H3,(H2-,35,36,37,38,40,41)/p+1. The highest BCUT2D eigenvalue weighted by Gasteiger charge is 2.32. The van der Waals surface area contributed by atoms with E-state index >= 15 is 0 Å². The van der Waals surface area contributed by atoms with Gasteiger partial charge in [-0.1, -0.05) is 37.1 Å². The lowest BCUT2D eigenvalue weighted by molar-refractivity contribution is -0.754. The van der Waals surface area contributed by atoms with Crippen LogP contribution in [0.5, 0.6) is 6.01 Å². The number of urea groups is 1. The number of amides is 3. The van der Waals surface area contributed by atoms with Crippen LogP contribution in [0.15, 0.2) is 59.4 Å². The highest BCUT2D eigenvalue weighted by Crippen LogP contribution is 2.34. The van der Waals surface area contributed by atoms with Gasteiger partial charge < -0.3 is 15.4 Å². The van der Waals surface area contributed by atoms with Crippen molar-refractivity contribution in [3.8, 4) is 17.1 Å². The molecule has 3 amide bonds. The van der Waals surface area contributed by atoms with Crippen molar-refractivity contribution in [2.24, 2.45) is 5.92 Å². The van der Waals surface area contributed by atoms with E-state index in [4.69, 9.17) is 9.26 Å². The smallest absolute Gasteiger partial charge is 0.416 e. The second kappa shape index (κ2) is 12.5. The molecule has 11 nitrogen and oxygen atoms in total. The van der Waals surface area contributed by atoms with Crippen LogP contribution < -0.4 is 25.4 Å². The minimum Gasteiger partial charge on any atom is -0.467 e. The highest BCUT2D eigenvalue weighted by atomic mass is 19.4. The Balaban J connectivity index is 1.21. The number of anilines is 3. The molecule has 2 aromatic heterocycles. The number of nitrogens with zero attached hydrogens (tertiary/aromatic N) is 4. The third-order valence-corrected chi connectivity index (χ3v) is 7.01. The molecular formula is C29H29F3N7O4+. The second-order valence-electron chi connectivity index (χ2n) is 10.2. The van der Waals surface area contributed by atoms with Gasteiger partial charge in [-0.25, -0.2) is 9.78 Å². The quantitative estimate of drug-likeness (QED) is 0.226. The minimum atomic E-state index is -4.68. The molecule has 1 fully saturated rings. The molecule has 5 rings (SSSR count). The molecule has 3 N–H and O–H groups in total. The van der Waals surface area contributed by atoms with Crippen LogP contribution in [0.25, 0.3) is 11.1 Å². The minimum absolute atomic E-state index is 0.0261. The van der Waals surface area contributed by atoms with E-state index in [9.17, 15) is 22.8 Å². The van der Waals surface area contributed by atoms with Crippen molar-refractivity contribution in [3.05, 3.63) is 71.7 Å². The number of aryl methyl sites for hydroxylation is 1. The molecule has 0 spiro atoms. The summed E-state index contributed by atoms with van der Waals surface area (Å²) in [6.45, 7) is 2.19. The molecule has 1 saturated carbocycles. The maximum absolute atomic E-state index is 13.5. The molecule has 43 heavy (non-hydrogen) atoms. The van der Waals surface area contributed by atoms with Crippen LogP contribution >= 0.6 is 0 Å². The Morgan fingerprint density at radius 2 is 1.74 bits per heavy atom. The molecule has 0 aliphatic heterocycles. The van der Waals surface area contributed by atoms with Crippen LogP contribution in [0.1, 0.15) is 42.5 Å². The first kappa shape index (κ1) is 29.5. The largest absolute Gasteiger partial charge is 0.467 e. The number of rotatable bonds is 8. The first-order chi connectivity index (χ1) is 20.6. The number of halogens is 3. The Morgan fingerprint density at radius 1 is 1.05 bits per heavy atom. The summed E-state index contributed by atoms with van der Waals surface area (Å²) in [5.41, 5.74) is 2.23. The molecule has 14 heteroatoms. The van der Waals surface area contributed by atoms with Crippen molar-refractivity contribution in [1.29, 1.82) is 0 Å². The number of nitrogens with one attached hydrogen (secondary N) is 3. The van der Waals surface area contributed by atoms with Crippen molar-refractivity contribution in [2.75, 3.05) is 23.1 Å². The number of aromatic nitrogens is 4. The second-order valence-corrected chi connectivity index (χ2v) is 10.2. The maximum atomic E-state index is 13.5. The van der Waals surface area contributed by atoms with Gasteiger partial charge in [0, 0.05) is 34.6 Å². The topological polar surface area (TPSA) is 135 Å². The molecule has 224 valence electrons. The lowest BCUT2D eigenvalue weighted by Gasteiger charge is -2.15. The van der Waals surface area contributed by atoms with Gasteiger partial charge in [0.05, 0.1) is 18.4 Å². The fourth-order valence-corrected chi connectivity index (χ4v) is 4.85. The van der Waals surface area contributed by atoms with E-state index in [-0.39, 0.29) is 29.1 Å². The van der Waals surface area contributed by atoms with Gasteiger partial charge in [0.1, 0.15) is 0 Å². The van der Waals surface area contributed by atoms with E-state index in [1.165, 1.54) is 24.1 Å². The summed E-state index contributed by atoms with van der Waals surface area (Å²) < 4.78 is 52.3. The summed E-state index contributed by atoms with van der Waals surface area (Å²) >= 11 is 0. The Morgan fingerprint density at radius 3 is 2.40 bits per heavy atom. The molecule has 0 saturated heterocycles. The summed E-state index contributed by atoms with van der Waals surface area (Å²) in [7, 11) is 1.50. The van der Waals surface area contributed by atoms with E-state index in [1.54, 1.807) is 6.20 Å². The van der Waals surface area contributed by atoms with Gasteiger partial charge in [-0.3, -0.25) is 14.6 Å². The maximum Gasteiger partial charge on any atom is 0.416 e. The third-order valence-electron chi connectivity index (χ3n) is 7.01. The van der Waals surface area contributed by atoms with Crippen molar-refractivity contribution in [2.45, 2.75) is 45.3 Å². The molecule has 0 radical (unpaired) electrons.